The second-order valence-electron chi connectivity index (χ2n) is 6.38. The van der Waals surface area contributed by atoms with E-state index in [2.05, 4.69) is 0 Å². The van der Waals surface area contributed by atoms with Gasteiger partial charge in [-0.05, 0) is 56.2 Å². The van der Waals surface area contributed by atoms with Gasteiger partial charge in [0.2, 0.25) is 0 Å². The summed E-state index contributed by atoms with van der Waals surface area (Å²) in [5, 5.41) is 0. The maximum atomic E-state index is 12.8. The predicted octanol–water partition coefficient (Wildman–Crippen LogP) is 4.91. The van der Waals surface area contributed by atoms with E-state index in [1.54, 1.807) is 32.9 Å². The Bertz CT molecular complexity index is 762. The standard InChI is InChI=1S/C18H18F3NO2/c1-17(2,3)24-16(23)14-10-12(7-8-15(14)22)11-5-4-6-13(9-11)18(19,20)21/h4-10H,22H2,1-3H3. The topological polar surface area (TPSA) is 52.3 Å². The molecular formula is C18H18F3NO2. The van der Waals surface area contributed by atoms with E-state index in [1.807, 2.05) is 0 Å². The van der Waals surface area contributed by atoms with Crippen molar-refractivity contribution in [3.63, 3.8) is 0 Å². The summed E-state index contributed by atoms with van der Waals surface area (Å²) in [6.45, 7) is 5.16. The van der Waals surface area contributed by atoms with Crippen LogP contribution in [0.5, 0.6) is 0 Å². The maximum Gasteiger partial charge on any atom is 0.416 e. The van der Waals surface area contributed by atoms with Crippen molar-refractivity contribution in [3.8, 4) is 11.1 Å². The zero-order valence-electron chi connectivity index (χ0n) is 13.6. The number of carbonyl (C=O) groups excluding carboxylic acids is 1. The largest absolute Gasteiger partial charge is 0.456 e. The number of anilines is 1. The summed E-state index contributed by atoms with van der Waals surface area (Å²) in [7, 11) is 0. The van der Waals surface area contributed by atoms with Gasteiger partial charge in [-0.2, -0.15) is 13.2 Å². The average molecular weight is 337 g/mol. The molecule has 0 heterocycles. The van der Waals surface area contributed by atoms with Crippen LogP contribution in [-0.4, -0.2) is 11.6 Å². The average Bonchev–Trinajstić information content (AvgIpc) is 2.45. The summed E-state index contributed by atoms with van der Waals surface area (Å²) in [5.41, 5.74) is 5.48. The molecule has 0 bridgehead atoms. The molecule has 0 saturated carbocycles. The van der Waals surface area contributed by atoms with Crippen LogP contribution in [0.3, 0.4) is 0 Å². The highest BCUT2D eigenvalue weighted by atomic mass is 19.4. The van der Waals surface area contributed by atoms with Crippen LogP contribution in [0.25, 0.3) is 11.1 Å². The molecule has 2 aromatic rings. The molecule has 0 aliphatic rings. The van der Waals surface area contributed by atoms with Crippen LogP contribution in [0.1, 0.15) is 36.7 Å². The highest BCUT2D eigenvalue weighted by Gasteiger charge is 2.30. The zero-order chi connectivity index (χ0) is 18.1. The van der Waals surface area contributed by atoms with Crippen molar-refractivity contribution in [2.45, 2.75) is 32.5 Å². The van der Waals surface area contributed by atoms with E-state index in [4.69, 9.17) is 10.5 Å². The number of rotatable bonds is 2. The number of halogens is 3. The third-order valence-electron chi connectivity index (χ3n) is 3.20. The first-order valence-electron chi connectivity index (χ1n) is 7.28. The summed E-state index contributed by atoms with van der Waals surface area (Å²) >= 11 is 0. The van der Waals surface area contributed by atoms with E-state index in [-0.39, 0.29) is 11.3 Å². The molecule has 0 atom stereocenters. The third-order valence-corrected chi connectivity index (χ3v) is 3.20. The first-order valence-corrected chi connectivity index (χ1v) is 7.28. The number of alkyl halides is 3. The lowest BCUT2D eigenvalue weighted by molar-refractivity contribution is -0.137. The minimum atomic E-state index is -4.43. The highest BCUT2D eigenvalue weighted by molar-refractivity contribution is 5.96. The second-order valence-corrected chi connectivity index (χ2v) is 6.38. The molecule has 2 aromatic carbocycles. The number of nitrogen functional groups attached to an aromatic ring is 1. The Balaban J connectivity index is 2.43. The smallest absolute Gasteiger partial charge is 0.416 e. The third kappa shape index (κ3) is 4.28. The Labute approximate surface area is 138 Å². The second kappa shape index (κ2) is 6.19. The van der Waals surface area contributed by atoms with Gasteiger partial charge in [0.25, 0.3) is 0 Å². The molecule has 0 spiro atoms. The Kier molecular flexibility index (Phi) is 4.60. The van der Waals surface area contributed by atoms with Crippen molar-refractivity contribution >= 4 is 11.7 Å². The predicted molar refractivity (Wildman–Crippen MR) is 86.5 cm³/mol. The van der Waals surface area contributed by atoms with Gasteiger partial charge < -0.3 is 10.5 Å². The van der Waals surface area contributed by atoms with Gasteiger partial charge in [0.05, 0.1) is 11.1 Å². The Hall–Kier alpha value is -2.50. The molecule has 128 valence electrons. The van der Waals surface area contributed by atoms with E-state index in [1.165, 1.54) is 18.2 Å². The molecule has 0 radical (unpaired) electrons. The lowest BCUT2D eigenvalue weighted by atomic mass is 10.00. The number of ether oxygens (including phenoxy) is 1. The van der Waals surface area contributed by atoms with Gasteiger partial charge in [-0.15, -0.1) is 0 Å². The van der Waals surface area contributed by atoms with E-state index in [9.17, 15) is 18.0 Å². The minimum Gasteiger partial charge on any atom is -0.456 e. The fourth-order valence-electron chi connectivity index (χ4n) is 2.12. The van der Waals surface area contributed by atoms with Crippen LogP contribution in [-0.2, 0) is 10.9 Å². The van der Waals surface area contributed by atoms with Gasteiger partial charge in [-0.25, -0.2) is 4.79 Å². The van der Waals surface area contributed by atoms with Gasteiger partial charge in [0.1, 0.15) is 5.60 Å². The van der Waals surface area contributed by atoms with Crippen LogP contribution >= 0.6 is 0 Å². The van der Waals surface area contributed by atoms with Crippen molar-refractivity contribution in [2.24, 2.45) is 0 Å². The van der Waals surface area contributed by atoms with Gasteiger partial charge >= 0.3 is 12.1 Å². The van der Waals surface area contributed by atoms with Crippen molar-refractivity contribution in [2.75, 3.05) is 5.73 Å². The van der Waals surface area contributed by atoms with Crippen LogP contribution in [0.15, 0.2) is 42.5 Å². The fraction of sp³-hybridized carbons (Fsp3) is 0.278. The lowest BCUT2D eigenvalue weighted by Gasteiger charge is -2.20. The molecule has 0 aliphatic carbocycles. The van der Waals surface area contributed by atoms with E-state index in [0.717, 1.165) is 12.1 Å². The van der Waals surface area contributed by atoms with E-state index >= 15 is 0 Å². The van der Waals surface area contributed by atoms with Crippen LogP contribution < -0.4 is 5.73 Å². The monoisotopic (exact) mass is 337 g/mol. The van der Waals surface area contributed by atoms with Crippen LogP contribution in [0.4, 0.5) is 18.9 Å². The molecule has 0 aromatic heterocycles. The summed E-state index contributed by atoms with van der Waals surface area (Å²) < 4.78 is 43.8. The summed E-state index contributed by atoms with van der Waals surface area (Å²) in [5.74, 6) is -0.617. The van der Waals surface area contributed by atoms with Gasteiger partial charge in [-0.3, -0.25) is 0 Å². The van der Waals surface area contributed by atoms with Gasteiger partial charge in [0.15, 0.2) is 0 Å². The number of hydrogen-bond acceptors (Lipinski definition) is 3. The first kappa shape index (κ1) is 17.8. The van der Waals surface area contributed by atoms with Gasteiger partial charge in [0, 0.05) is 5.69 Å². The van der Waals surface area contributed by atoms with E-state index < -0.39 is 23.3 Å². The van der Waals surface area contributed by atoms with Crippen LogP contribution in [0, 0.1) is 0 Å². The summed E-state index contributed by atoms with van der Waals surface area (Å²) in [6.07, 6.45) is -4.43. The van der Waals surface area contributed by atoms with Crippen molar-refractivity contribution < 1.29 is 22.7 Å². The van der Waals surface area contributed by atoms with Gasteiger partial charge in [-0.1, -0.05) is 18.2 Å². The Morgan fingerprint density at radius 2 is 1.62 bits per heavy atom. The zero-order valence-corrected chi connectivity index (χ0v) is 13.6. The molecule has 24 heavy (non-hydrogen) atoms. The molecule has 0 aliphatic heterocycles. The molecule has 6 heteroatoms. The molecule has 2 N–H and O–H groups in total. The summed E-state index contributed by atoms with van der Waals surface area (Å²) in [4.78, 5) is 12.2. The number of benzene rings is 2. The fourth-order valence-corrected chi connectivity index (χ4v) is 2.12. The first-order chi connectivity index (χ1) is 11.0. The summed E-state index contributed by atoms with van der Waals surface area (Å²) in [6, 6.07) is 9.38. The van der Waals surface area contributed by atoms with Crippen molar-refractivity contribution in [1.82, 2.24) is 0 Å². The van der Waals surface area contributed by atoms with Crippen molar-refractivity contribution in [1.29, 1.82) is 0 Å². The normalized spacial score (nSPS) is 12.1. The number of nitrogens with two attached hydrogens (primary N) is 1. The van der Waals surface area contributed by atoms with E-state index in [0.29, 0.717) is 11.1 Å². The molecule has 0 saturated heterocycles. The number of carbonyl (C=O) groups is 1. The van der Waals surface area contributed by atoms with Crippen molar-refractivity contribution in [3.05, 3.63) is 53.6 Å². The highest BCUT2D eigenvalue weighted by Crippen LogP contribution is 2.33. The minimum absolute atomic E-state index is 0.125. The molecule has 3 nitrogen and oxygen atoms in total. The quantitative estimate of drug-likeness (QED) is 0.626. The maximum absolute atomic E-state index is 12.8. The number of hydrogen-bond donors (Lipinski definition) is 1. The molecule has 0 amide bonds. The Morgan fingerprint density at radius 1 is 1.00 bits per heavy atom. The SMILES string of the molecule is CC(C)(C)OC(=O)c1cc(-c2cccc(C(F)(F)F)c2)ccc1N. The lowest BCUT2D eigenvalue weighted by Crippen LogP contribution is -2.24. The van der Waals surface area contributed by atoms with Crippen LogP contribution in [0.2, 0.25) is 0 Å². The molecular weight excluding hydrogens is 319 g/mol. The Morgan fingerprint density at radius 3 is 2.21 bits per heavy atom. The molecule has 0 unspecified atom stereocenters. The number of esters is 1. The molecule has 2 rings (SSSR count). The molecule has 0 fully saturated rings.